The Labute approximate surface area is 113 Å². The monoisotopic (exact) mass is 261 g/mol. The molecule has 19 heavy (non-hydrogen) atoms. The molecule has 0 saturated heterocycles. The first kappa shape index (κ1) is 15.2. The van der Waals surface area contributed by atoms with Crippen LogP contribution in [0.3, 0.4) is 0 Å². The van der Waals surface area contributed by atoms with Gasteiger partial charge < -0.3 is 15.3 Å². The molecule has 0 aromatic heterocycles. The van der Waals surface area contributed by atoms with Crippen molar-refractivity contribution in [3.63, 3.8) is 0 Å². The Morgan fingerprint density at radius 3 is 2.63 bits per heavy atom. The fourth-order valence-electron chi connectivity index (χ4n) is 1.69. The smallest absolute Gasteiger partial charge is 0.221 e. The minimum Gasteiger partial charge on any atom is -0.387 e. The Kier molecular flexibility index (Phi) is 6.00. The first-order valence-electron chi connectivity index (χ1n) is 6.14. The van der Waals surface area contributed by atoms with Gasteiger partial charge in [0.1, 0.15) is 0 Å². The molecule has 0 aliphatic carbocycles. The molecule has 0 saturated carbocycles. The van der Waals surface area contributed by atoms with Crippen LogP contribution in [0, 0.1) is 11.3 Å². The predicted octanol–water partition coefficient (Wildman–Crippen LogP) is 0.660. The topological polar surface area (TPSA) is 76.4 Å². The number of carbonyl (C=O) groups is 1. The summed E-state index contributed by atoms with van der Waals surface area (Å²) >= 11 is 0. The van der Waals surface area contributed by atoms with E-state index in [1.807, 2.05) is 18.0 Å². The Bertz CT molecular complexity index is 451. The Morgan fingerprint density at radius 2 is 2.11 bits per heavy atom. The van der Waals surface area contributed by atoms with Crippen LogP contribution in [0.1, 0.15) is 23.7 Å². The molecule has 0 fully saturated rings. The Hall–Kier alpha value is -1.90. The molecular formula is C14H19N3O2. The summed E-state index contributed by atoms with van der Waals surface area (Å²) in [6, 6.07) is 8.90. The molecule has 0 aliphatic rings. The summed E-state index contributed by atoms with van der Waals surface area (Å²) in [6.07, 6.45) is -0.213. The van der Waals surface area contributed by atoms with Crippen molar-refractivity contribution in [1.82, 2.24) is 10.2 Å². The van der Waals surface area contributed by atoms with Crippen LogP contribution in [0.5, 0.6) is 0 Å². The van der Waals surface area contributed by atoms with Crippen LogP contribution in [0.4, 0.5) is 0 Å². The largest absolute Gasteiger partial charge is 0.387 e. The van der Waals surface area contributed by atoms with Gasteiger partial charge in [0.2, 0.25) is 5.91 Å². The van der Waals surface area contributed by atoms with Gasteiger partial charge in [-0.2, -0.15) is 5.26 Å². The highest BCUT2D eigenvalue weighted by Gasteiger charge is 2.11. The number of aliphatic hydroxyl groups excluding tert-OH is 1. The van der Waals surface area contributed by atoms with Gasteiger partial charge in [0.05, 0.1) is 17.7 Å². The normalized spacial score (nSPS) is 11.9. The Balaban J connectivity index is 2.47. The van der Waals surface area contributed by atoms with E-state index in [0.717, 1.165) is 5.56 Å². The lowest BCUT2D eigenvalue weighted by Gasteiger charge is -2.20. The molecule has 0 aliphatic heterocycles. The summed E-state index contributed by atoms with van der Waals surface area (Å²) in [4.78, 5) is 13.0. The van der Waals surface area contributed by atoms with Gasteiger partial charge in [-0.1, -0.05) is 12.1 Å². The van der Waals surface area contributed by atoms with E-state index in [0.29, 0.717) is 25.1 Å². The van der Waals surface area contributed by atoms with E-state index in [4.69, 9.17) is 5.26 Å². The van der Waals surface area contributed by atoms with Gasteiger partial charge in [0.15, 0.2) is 0 Å². The number of nitrogens with zero attached hydrogens (tertiary/aromatic N) is 2. The molecule has 5 heteroatoms. The Morgan fingerprint density at radius 1 is 1.47 bits per heavy atom. The quantitative estimate of drug-likeness (QED) is 0.788. The molecule has 1 rings (SSSR count). The third-order valence-corrected chi connectivity index (χ3v) is 2.91. The maximum absolute atomic E-state index is 11.1. The van der Waals surface area contributed by atoms with Crippen molar-refractivity contribution in [2.24, 2.45) is 0 Å². The van der Waals surface area contributed by atoms with Crippen molar-refractivity contribution in [3.8, 4) is 6.07 Å². The van der Waals surface area contributed by atoms with Gasteiger partial charge in [-0.05, 0) is 24.7 Å². The van der Waals surface area contributed by atoms with Crippen molar-refractivity contribution >= 4 is 5.91 Å². The summed E-state index contributed by atoms with van der Waals surface area (Å²) < 4.78 is 0. The van der Waals surface area contributed by atoms with Crippen LogP contribution in [0.15, 0.2) is 24.3 Å². The summed E-state index contributed by atoms with van der Waals surface area (Å²) in [5.41, 5.74) is 1.34. The molecule has 1 aromatic carbocycles. The van der Waals surface area contributed by atoms with Crippen LogP contribution < -0.4 is 5.32 Å². The van der Waals surface area contributed by atoms with Crippen LogP contribution >= 0.6 is 0 Å². The summed E-state index contributed by atoms with van der Waals surface area (Å²) in [5, 5.41) is 21.3. The van der Waals surface area contributed by atoms with E-state index in [2.05, 4.69) is 5.32 Å². The van der Waals surface area contributed by atoms with E-state index >= 15 is 0 Å². The van der Waals surface area contributed by atoms with E-state index in [1.54, 1.807) is 31.3 Å². The SMILES string of the molecule is CNC(=O)CCN(C)CC(O)c1ccc(C#N)cc1. The van der Waals surface area contributed by atoms with Gasteiger partial charge >= 0.3 is 0 Å². The van der Waals surface area contributed by atoms with Gasteiger partial charge in [-0.3, -0.25) is 4.79 Å². The number of aliphatic hydroxyl groups is 1. The first-order valence-corrected chi connectivity index (χ1v) is 6.14. The van der Waals surface area contributed by atoms with Gasteiger partial charge in [-0.25, -0.2) is 0 Å². The average molecular weight is 261 g/mol. The van der Waals surface area contributed by atoms with E-state index in [-0.39, 0.29) is 5.91 Å². The number of nitrogens with one attached hydrogen (secondary N) is 1. The molecule has 1 unspecified atom stereocenters. The molecule has 1 aromatic rings. The van der Waals surface area contributed by atoms with Crippen molar-refractivity contribution in [1.29, 1.82) is 5.26 Å². The molecule has 0 radical (unpaired) electrons. The second-order valence-electron chi connectivity index (χ2n) is 4.44. The molecule has 0 heterocycles. The van der Waals surface area contributed by atoms with Crippen molar-refractivity contribution in [2.45, 2.75) is 12.5 Å². The number of rotatable bonds is 6. The zero-order valence-electron chi connectivity index (χ0n) is 11.3. The third-order valence-electron chi connectivity index (χ3n) is 2.91. The zero-order chi connectivity index (χ0) is 14.3. The number of amides is 1. The summed E-state index contributed by atoms with van der Waals surface area (Å²) in [5.74, 6) is -0.0142. The van der Waals surface area contributed by atoms with Crippen LogP contribution in [0.2, 0.25) is 0 Å². The standard InChI is InChI=1S/C14H19N3O2/c1-16-14(19)7-8-17(2)10-13(18)12-5-3-11(9-15)4-6-12/h3-6,13,18H,7-8,10H2,1-2H3,(H,16,19). The molecule has 5 nitrogen and oxygen atoms in total. The molecule has 102 valence electrons. The minimum absolute atomic E-state index is 0.0142. The number of hydrogen-bond acceptors (Lipinski definition) is 4. The predicted molar refractivity (Wildman–Crippen MR) is 72.3 cm³/mol. The third kappa shape index (κ3) is 5.08. The number of benzene rings is 1. The molecule has 1 amide bonds. The van der Waals surface area contributed by atoms with Crippen molar-refractivity contribution in [2.75, 3.05) is 27.2 Å². The van der Waals surface area contributed by atoms with E-state index in [9.17, 15) is 9.90 Å². The second kappa shape index (κ2) is 7.52. The average Bonchev–Trinajstić information content (AvgIpc) is 2.44. The summed E-state index contributed by atoms with van der Waals surface area (Å²) in [7, 11) is 3.46. The molecule has 2 N–H and O–H groups in total. The molecule has 0 spiro atoms. The van der Waals surface area contributed by atoms with E-state index in [1.165, 1.54) is 0 Å². The highest BCUT2D eigenvalue weighted by atomic mass is 16.3. The number of likely N-dealkylation sites (N-methyl/N-ethyl adjacent to an activating group) is 1. The lowest BCUT2D eigenvalue weighted by atomic mass is 10.1. The lowest BCUT2D eigenvalue weighted by Crippen LogP contribution is -2.29. The maximum atomic E-state index is 11.1. The first-order chi connectivity index (χ1) is 9.06. The molecule has 0 bridgehead atoms. The minimum atomic E-state index is -0.623. The number of hydrogen-bond donors (Lipinski definition) is 2. The fraction of sp³-hybridized carbons (Fsp3) is 0.429. The van der Waals surface area contributed by atoms with Crippen LogP contribution in [-0.2, 0) is 4.79 Å². The van der Waals surface area contributed by atoms with Gasteiger partial charge in [0, 0.05) is 26.6 Å². The summed E-state index contributed by atoms with van der Waals surface area (Å²) in [6.45, 7) is 1.04. The van der Waals surface area contributed by atoms with E-state index < -0.39 is 6.10 Å². The van der Waals surface area contributed by atoms with Crippen molar-refractivity contribution in [3.05, 3.63) is 35.4 Å². The zero-order valence-corrected chi connectivity index (χ0v) is 11.3. The van der Waals surface area contributed by atoms with Crippen LogP contribution in [-0.4, -0.2) is 43.1 Å². The highest BCUT2D eigenvalue weighted by molar-refractivity contribution is 5.75. The highest BCUT2D eigenvalue weighted by Crippen LogP contribution is 2.14. The van der Waals surface area contributed by atoms with Gasteiger partial charge in [0.25, 0.3) is 0 Å². The molecular weight excluding hydrogens is 242 g/mol. The fourth-order valence-corrected chi connectivity index (χ4v) is 1.69. The van der Waals surface area contributed by atoms with Crippen LogP contribution in [0.25, 0.3) is 0 Å². The molecule has 1 atom stereocenters. The second-order valence-corrected chi connectivity index (χ2v) is 4.44. The number of carbonyl (C=O) groups excluding carboxylic acids is 1. The van der Waals surface area contributed by atoms with Crippen molar-refractivity contribution < 1.29 is 9.90 Å². The number of nitriles is 1. The lowest BCUT2D eigenvalue weighted by molar-refractivity contribution is -0.120. The van der Waals surface area contributed by atoms with Gasteiger partial charge in [-0.15, -0.1) is 0 Å². The maximum Gasteiger partial charge on any atom is 0.221 e.